The molecule has 1 saturated carbocycles. The second-order valence-electron chi connectivity index (χ2n) is 5.24. The van der Waals surface area contributed by atoms with Gasteiger partial charge in [0.25, 0.3) is 0 Å². The van der Waals surface area contributed by atoms with Gasteiger partial charge in [-0.25, -0.2) is 0 Å². The zero-order chi connectivity index (χ0) is 12.3. The van der Waals surface area contributed by atoms with Crippen molar-refractivity contribution in [3.8, 4) is 0 Å². The summed E-state index contributed by atoms with van der Waals surface area (Å²) >= 11 is 3.81. The second kappa shape index (κ2) is 5.53. The van der Waals surface area contributed by atoms with E-state index in [-0.39, 0.29) is 5.60 Å². The van der Waals surface area contributed by atoms with Crippen LogP contribution in [0.4, 0.5) is 0 Å². The SMILES string of the molecule is COC1(CC(Br)Cc2cccc(C)c2)CCC1. The molecule has 1 aromatic rings. The van der Waals surface area contributed by atoms with Crippen LogP contribution in [0.2, 0.25) is 0 Å². The fourth-order valence-electron chi connectivity index (χ4n) is 2.63. The van der Waals surface area contributed by atoms with E-state index in [1.165, 1.54) is 30.4 Å². The molecule has 1 nitrogen and oxygen atoms in total. The lowest BCUT2D eigenvalue weighted by Crippen LogP contribution is -2.41. The van der Waals surface area contributed by atoms with Gasteiger partial charge >= 0.3 is 0 Å². The largest absolute Gasteiger partial charge is 0.378 e. The van der Waals surface area contributed by atoms with E-state index in [0.717, 1.165) is 12.8 Å². The Morgan fingerprint density at radius 2 is 2.18 bits per heavy atom. The van der Waals surface area contributed by atoms with Gasteiger partial charge in [0.2, 0.25) is 0 Å². The topological polar surface area (TPSA) is 9.23 Å². The number of methoxy groups -OCH3 is 1. The number of benzene rings is 1. The molecule has 0 saturated heterocycles. The van der Waals surface area contributed by atoms with Crippen LogP contribution in [0.15, 0.2) is 24.3 Å². The normalized spacial score (nSPS) is 19.7. The molecule has 1 atom stereocenters. The molecule has 0 aliphatic heterocycles. The van der Waals surface area contributed by atoms with Crippen molar-refractivity contribution in [1.29, 1.82) is 0 Å². The highest BCUT2D eigenvalue weighted by Crippen LogP contribution is 2.40. The Morgan fingerprint density at radius 1 is 1.41 bits per heavy atom. The molecule has 1 aliphatic rings. The summed E-state index contributed by atoms with van der Waals surface area (Å²) in [5.74, 6) is 0. The third-order valence-electron chi connectivity index (χ3n) is 3.83. The van der Waals surface area contributed by atoms with E-state index in [9.17, 15) is 0 Å². The second-order valence-corrected chi connectivity index (χ2v) is 6.53. The third kappa shape index (κ3) is 3.32. The van der Waals surface area contributed by atoms with Crippen LogP contribution in [0.5, 0.6) is 0 Å². The molecule has 0 amide bonds. The Balaban J connectivity index is 1.90. The molecular weight excluding hydrogens is 276 g/mol. The van der Waals surface area contributed by atoms with Gasteiger partial charge in [-0.3, -0.25) is 0 Å². The average Bonchev–Trinajstić information content (AvgIpc) is 2.23. The first-order chi connectivity index (χ1) is 8.13. The van der Waals surface area contributed by atoms with Gasteiger partial charge in [0, 0.05) is 11.9 Å². The predicted octanol–water partition coefficient (Wildman–Crippen LogP) is 4.26. The molecule has 1 aromatic carbocycles. The summed E-state index contributed by atoms with van der Waals surface area (Å²) in [5, 5.41) is 0. The Labute approximate surface area is 113 Å². The summed E-state index contributed by atoms with van der Waals surface area (Å²) in [7, 11) is 1.85. The Morgan fingerprint density at radius 3 is 2.71 bits per heavy atom. The highest BCUT2D eigenvalue weighted by Gasteiger charge is 2.38. The van der Waals surface area contributed by atoms with Crippen molar-refractivity contribution in [3.63, 3.8) is 0 Å². The highest BCUT2D eigenvalue weighted by atomic mass is 79.9. The maximum atomic E-state index is 5.68. The van der Waals surface area contributed by atoms with Crippen molar-refractivity contribution in [2.24, 2.45) is 0 Å². The number of alkyl halides is 1. The number of hydrogen-bond donors (Lipinski definition) is 0. The minimum atomic E-state index is 0.165. The molecule has 0 heterocycles. The van der Waals surface area contributed by atoms with Crippen molar-refractivity contribution < 1.29 is 4.74 Å². The fourth-order valence-corrected chi connectivity index (χ4v) is 3.60. The maximum absolute atomic E-state index is 5.68. The lowest BCUT2D eigenvalue weighted by molar-refractivity contribution is -0.0770. The van der Waals surface area contributed by atoms with Crippen molar-refractivity contribution >= 4 is 15.9 Å². The lowest BCUT2D eigenvalue weighted by Gasteiger charge is -2.42. The van der Waals surface area contributed by atoms with Gasteiger partial charge in [-0.05, 0) is 44.6 Å². The highest BCUT2D eigenvalue weighted by molar-refractivity contribution is 9.09. The van der Waals surface area contributed by atoms with Crippen molar-refractivity contribution in [3.05, 3.63) is 35.4 Å². The van der Waals surface area contributed by atoms with Gasteiger partial charge in [-0.2, -0.15) is 0 Å². The van der Waals surface area contributed by atoms with Crippen molar-refractivity contribution in [1.82, 2.24) is 0 Å². The van der Waals surface area contributed by atoms with E-state index < -0.39 is 0 Å². The molecule has 2 rings (SSSR count). The summed E-state index contributed by atoms with van der Waals surface area (Å²) in [5.41, 5.74) is 2.92. The zero-order valence-electron chi connectivity index (χ0n) is 10.7. The van der Waals surface area contributed by atoms with Gasteiger partial charge in [-0.15, -0.1) is 0 Å². The average molecular weight is 297 g/mol. The lowest BCUT2D eigenvalue weighted by atomic mass is 9.76. The Hall–Kier alpha value is -0.340. The number of hydrogen-bond acceptors (Lipinski definition) is 1. The Kier molecular flexibility index (Phi) is 4.26. The molecule has 0 spiro atoms. The molecule has 1 unspecified atom stereocenters. The summed E-state index contributed by atoms with van der Waals surface area (Å²) in [6.07, 6.45) is 5.97. The summed E-state index contributed by atoms with van der Waals surface area (Å²) in [6.45, 7) is 2.15. The van der Waals surface area contributed by atoms with Crippen LogP contribution < -0.4 is 0 Å². The minimum absolute atomic E-state index is 0.165. The van der Waals surface area contributed by atoms with Crippen LogP contribution in [-0.2, 0) is 11.2 Å². The standard InChI is InChI=1S/C15H21BrO/c1-12-5-3-6-13(9-12)10-14(16)11-15(17-2)7-4-8-15/h3,5-6,9,14H,4,7-8,10-11H2,1-2H3. The van der Waals surface area contributed by atoms with Gasteiger partial charge in [0.05, 0.1) is 5.60 Å². The Bertz CT molecular complexity index is 365. The van der Waals surface area contributed by atoms with E-state index in [0.29, 0.717) is 4.83 Å². The van der Waals surface area contributed by atoms with Gasteiger partial charge < -0.3 is 4.74 Å². The molecule has 17 heavy (non-hydrogen) atoms. The van der Waals surface area contributed by atoms with Crippen LogP contribution in [0.1, 0.15) is 36.8 Å². The summed E-state index contributed by atoms with van der Waals surface area (Å²) in [4.78, 5) is 0.518. The zero-order valence-corrected chi connectivity index (χ0v) is 12.3. The van der Waals surface area contributed by atoms with Gasteiger partial charge in [0.15, 0.2) is 0 Å². The van der Waals surface area contributed by atoms with Gasteiger partial charge in [0.1, 0.15) is 0 Å². The fraction of sp³-hybridized carbons (Fsp3) is 0.600. The number of ether oxygens (including phenoxy) is 1. The molecule has 1 aliphatic carbocycles. The van der Waals surface area contributed by atoms with Crippen molar-refractivity contribution in [2.45, 2.75) is 49.5 Å². The van der Waals surface area contributed by atoms with Crippen LogP contribution in [0.3, 0.4) is 0 Å². The first-order valence-corrected chi connectivity index (χ1v) is 7.30. The molecule has 2 heteroatoms. The minimum Gasteiger partial charge on any atom is -0.378 e. The summed E-state index contributed by atoms with van der Waals surface area (Å²) < 4.78 is 5.68. The molecule has 1 fully saturated rings. The number of halogens is 1. The van der Waals surface area contributed by atoms with Crippen molar-refractivity contribution in [2.75, 3.05) is 7.11 Å². The smallest absolute Gasteiger partial charge is 0.0689 e. The number of rotatable bonds is 5. The van der Waals surface area contributed by atoms with E-state index in [1.54, 1.807) is 0 Å². The monoisotopic (exact) mass is 296 g/mol. The molecule has 0 bridgehead atoms. The third-order valence-corrected chi connectivity index (χ3v) is 4.48. The van der Waals surface area contributed by atoms with E-state index in [4.69, 9.17) is 4.74 Å². The first-order valence-electron chi connectivity index (χ1n) is 6.38. The maximum Gasteiger partial charge on any atom is 0.0689 e. The van der Waals surface area contributed by atoms with Gasteiger partial charge in [-0.1, -0.05) is 45.8 Å². The molecule has 0 aromatic heterocycles. The number of aryl methyl sites for hydroxylation is 1. The molecule has 0 N–H and O–H groups in total. The quantitative estimate of drug-likeness (QED) is 0.738. The molecule has 94 valence electrons. The predicted molar refractivity (Wildman–Crippen MR) is 75.8 cm³/mol. The summed E-state index contributed by atoms with van der Waals surface area (Å²) in [6, 6.07) is 8.77. The molecule has 0 radical (unpaired) electrons. The first kappa shape index (κ1) is 13.1. The van der Waals surface area contributed by atoms with E-state index in [1.807, 2.05) is 7.11 Å². The van der Waals surface area contributed by atoms with Crippen LogP contribution >= 0.6 is 15.9 Å². The van der Waals surface area contributed by atoms with E-state index in [2.05, 4.69) is 47.1 Å². The van der Waals surface area contributed by atoms with Crippen LogP contribution in [0.25, 0.3) is 0 Å². The molecular formula is C15H21BrO. The van der Waals surface area contributed by atoms with E-state index >= 15 is 0 Å². The van der Waals surface area contributed by atoms with Crippen LogP contribution in [-0.4, -0.2) is 17.5 Å². The van der Waals surface area contributed by atoms with Crippen LogP contribution in [0, 0.1) is 6.92 Å².